The molecule has 0 aromatic carbocycles. The molecule has 0 amide bonds. The summed E-state index contributed by atoms with van der Waals surface area (Å²) in [7, 11) is 0. The molecule has 0 spiro atoms. The van der Waals surface area contributed by atoms with E-state index in [1.54, 1.807) is 0 Å². The first-order valence-electron chi connectivity index (χ1n) is 5.74. The highest BCUT2D eigenvalue weighted by Gasteiger charge is 2.44. The van der Waals surface area contributed by atoms with Crippen LogP contribution in [0.4, 0.5) is 0 Å². The van der Waals surface area contributed by atoms with Crippen molar-refractivity contribution in [2.24, 2.45) is 17.8 Å². The average Bonchev–Trinajstić information content (AvgIpc) is 2.46. The van der Waals surface area contributed by atoms with E-state index in [2.05, 4.69) is 27.7 Å². The minimum absolute atomic E-state index is 0.358. The predicted octanol–water partition coefficient (Wildman–Crippen LogP) is 3.22. The molecule has 0 heterocycles. The summed E-state index contributed by atoms with van der Waals surface area (Å²) in [4.78, 5) is 0. The topological polar surface area (TPSA) is 20.2 Å². The van der Waals surface area contributed by atoms with Gasteiger partial charge in [0.05, 0.1) is 5.60 Å². The molecule has 1 N–H and O–H groups in total. The molecule has 1 fully saturated rings. The van der Waals surface area contributed by atoms with E-state index in [1.165, 1.54) is 12.8 Å². The number of rotatable bonds is 3. The van der Waals surface area contributed by atoms with Crippen molar-refractivity contribution in [3.05, 3.63) is 0 Å². The summed E-state index contributed by atoms with van der Waals surface area (Å²) >= 11 is 0. The van der Waals surface area contributed by atoms with Gasteiger partial charge in [-0.1, -0.05) is 40.5 Å². The molecule has 0 aromatic heterocycles. The van der Waals surface area contributed by atoms with Gasteiger partial charge in [-0.2, -0.15) is 0 Å². The van der Waals surface area contributed by atoms with E-state index in [0.29, 0.717) is 17.8 Å². The highest BCUT2D eigenvalue weighted by Crippen LogP contribution is 2.44. The molecule has 1 heteroatoms. The molecule has 1 rings (SSSR count). The maximum Gasteiger partial charge on any atom is 0.0703 e. The van der Waals surface area contributed by atoms with Crippen LogP contribution in [-0.4, -0.2) is 10.7 Å². The second-order valence-electron chi connectivity index (χ2n) is 5.02. The first kappa shape index (κ1) is 11.0. The van der Waals surface area contributed by atoms with Crippen molar-refractivity contribution < 1.29 is 5.11 Å². The van der Waals surface area contributed by atoms with Crippen LogP contribution in [0.15, 0.2) is 0 Å². The zero-order valence-corrected chi connectivity index (χ0v) is 9.51. The van der Waals surface area contributed by atoms with Crippen LogP contribution in [0.2, 0.25) is 0 Å². The summed E-state index contributed by atoms with van der Waals surface area (Å²) in [6, 6.07) is 0. The Kier molecular flexibility index (Phi) is 3.39. The summed E-state index contributed by atoms with van der Waals surface area (Å²) in [5.41, 5.74) is -0.358. The van der Waals surface area contributed by atoms with Gasteiger partial charge >= 0.3 is 0 Å². The fraction of sp³-hybridized carbons (Fsp3) is 1.00. The molecule has 1 nitrogen and oxygen atoms in total. The standard InChI is InChI=1S/C12H24O/c1-5-11-7-6-8-12(11,13)10(4)9(2)3/h9-11,13H,5-8H2,1-4H3. The fourth-order valence-corrected chi connectivity index (χ4v) is 2.82. The summed E-state index contributed by atoms with van der Waals surface area (Å²) < 4.78 is 0. The minimum Gasteiger partial charge on any atom is -0.389 e. The Morgan fingerprint density at radius 1 is 1.38 bits per heavy atom. The lowest BCUT2D eigenvalue weighted by molar-refractivity contribution is -0.0619. The van der Waals surface area contributed by atoms with Crippen LogP contribution in [0.25, 0.3) is 0 Å². The minimum atomic E-state index is -0.358. The SMILES string of the molecule is CCC1CCCC1(O)C(C)C(C)C. The van der Waals surface area contributed by atoms with E-state index in [1.807, 2.05) is 0 Å². The van der Waals surface area contributed by atoms with E-state index in [4.69, 9.17) is 0 Å². The third kappa shape index (κ3) is 1.90. The lowest BCUT2D eigenvalue weighted by Gasteiger charge is -2.38. The summed E-state index contributed by atoms with van der Waals surface area (Å²) in [5, 5.41) is 10.6. The number of hydrogen-bond donors (Lipinski definition) is 1. The Morgan fingerprint density at radius 2 is 2.00 bits per heavy atom. The first-order valence-corrected chi connectivity index (χ1v) is 5.74. The summed E-state index contributed by atoms with van der Waals surface area (Å²) in [6.45, 7) is 8.84. The molecule has 13 heavy (non-hydrogen) atoms. The molecular formula is C12H24O. The lowest BCUT2D eigenvalue weighted by Crippen LogP contribution is -2.42. The van der Waals surface area contributed by atoms with E-state index >= 15 is 0 Å². The van der Waals surface area contributed by atoms with Gasteiger partial charge in [-0.25, -0.2) is 0 Å². The van der Waals surface area contributed by atoms with Crippen LogP contribution >= 0.6 is 0 Å². The Balaban J connectivity index is 2.73. The smallest absolute Gasteiger partial charge is 0.0703 e. The van der Waals surface area contributed by atoms with Gasteiger partial charge in [-0.3, -0.25) is 0 Å². The van der Waals surface area contributed by atoms with Crippen LogP contribution in [0, 0.1) is 17.8 Å². The molecule has 0 radical (unpaired) electrons. The number of hydrogen-bond acceptors (Lipinski definition) is 1. The Morgan fingerprint density at radius 3 is 2.46 bits per heavy atom. The molecule has 0 aliphatic heterocycles. The van der Waals surface area contributed by atoms with E-state index in [9.17, 15) is 5.11 Å². The Bertz CT molecular complexity index is 165. The molecule has 1 aliphatic rings. The Hall–Kier alpha value is -0.0400. The number of aliphatic hydroxyl groups is 1. The van der Waals surface area contributed by atoms with Crippen molar-refractivity contribution in [3.8, 4) is 0 Å². The van der Waals surface area contributed by atoms with Crippen molar-refractivity contribution in [1.82, 2.24) is 0 Å². The molecular weight excluding hydrogens is 160 g/mol. The Labute approximate surface area is 82.5 Å². The van der Waals surface area contributed by atoms with Gasteiger partial charge in [-0.15, -0.1) is 0 Å². The second kappa shape index (κ2) is 4.00. The molecule has 1 saturated carbocycles. The van der Waals surface area contributed by atoms with Gasteiger partial charge in [0, 0.05) is 0 Å². The van der Waals surface area contributed by atoms with Gasteiger partial charge < -0.3 is 5.11 Å². The predicted molar refractivity (Wildman–Crippen MR) is 56.6 cm³/mol. The third-order valence-electron chi connectivity index (χ3n) is 4.12. The highest BCUT2D eigenvalue weighted by atomic mass is 16.3. The fourth-order valence-electron chi connectivity index (χ4n) is 2.82. The molecule has 0 aromatic rings. The second-order valence-corrected chi connectivity index (χ2v) is 5.02. The van der Waals surface area contributed by atoms with Crippen LogP contribution in [0.5, 0.6) is 0 Å². The molecule has 3 atom stereocenters. The maximum atomic E-state index is 10.6. The first-order chi connectivity index (χ1) is 6.02. The van der Waals surface area contributed by atoms with Gasteiger partial charge in [0.25, 0.3) is 0 Å². The molecule has 3 unspecified atom stereocenters. The molecule has 0 bridgehead atoms. The van der Waals surface area contributed by atoms with Gasteiger partial charge in [0.15, 0.2) is 0 Å². The van der Waals surface area contributed by atoms with E-state index in [0.717, 1.165) is 12.8 Å². The van der Waals surface area contributed by atoms with Crippen LogP contribution < -0.4 is 0 Å². The van der Waals surface area contributed by atoms with Gasteiger partial charge in [0.1, 0.15) is 0 Å². The van der Waals surface area contributed by atoms with Crippen molar-refractivity contribution in [3.63, 3.8) is 0 Å². The normalized spacial score (nSPS) is 36.9. The zero-order valence-electron chi connectivity index (χ0n) is 9.51. The summed E-state index contributed by atoms with van der Waals surface area (Å²) in [5.74, 6) is 1.59. The van der Waals surface area contributed by atoms with Crippen LogP contribution in [0.3, 0.4) is 0 Å². The average molecular weight is 184 g/mol. The van der Waals surface area contributed by atoms with Gasteiger partial charge in [0.2, 0.25) is 0 Å². The highest BCUT2D eigenvalue weighted by molar-refractivity contribution is 4.95. The molecule has 78 valence electrons. The van der Waals surface area contributed by atoms with E-state index in [-0.39, 0.29) is 5.60 Å². The molecule has 0 saturated heterocycles. The van der Waals surface area contributed by atoms with Crippen LogP contribution in [-0.2, 0) is 0 Å². The van der Waals surface area contributed by atoms with Crippen molar-refractivity contribution >= 4 is 0 Å². The molecule has 1 aliphatic carbocycles. The van der Waals surface area contributed by atoms with Crippen molar-refractivity contribution in [2.75, 3.05) is 0 Å². The largest absolute Gasteiger partial charge is 0.389 e. The quantitative estimate of drug-likeness (QED) is 0.714. The third-order valence-corrected chi connectivity index (χ3v) is 4.12. The monoisotopic (exact) mass is 184 g/mol. The van der Waals surface area contributed by atoms with Crippen LogP contribution in [0.1, 0.15) is 53.4 Å². The summed E-state index contributed by atoms with van der Waals surface area (Å²) in [6.07, 6.45) is 4.59. The van der Waals surface area contributed by atoms with Gasteiger partial charge in [-0.05, 0) is 30.6 Å². The maximum absolute atomic E-state index is 10.6. The zero-order chi connectivity index (χ0) is 10.1. The van der Waals surface area contributed by atoms with Crippen molar-refractivity contribution in [2.45, 2.75) is 59.0 Å². The lowest BCUT2D eigenvalue weighted by atomic mass is 9.74. The van der Waals surface area contributed by atoms with Crippen molar-refractivity contribution in [1.29, 1.82) is 0 Å². The van der Waals surface area contributed by atoms with E-state index < -0.39 is 0 Å².